The molecule has 0 saturated carbocycles. The molecule has 17 heavy (non-hydrogen) atoms. The van der Waals surface area contributed by atoms with Gasteiger partial charge in [-0.2, -0.15) is 5.10 Å². The second kappa shape index (κ2) is 5.65. The molecule has 0 aromatic rings. The fourth-order valence-electron chi connectivity index (χ4n) is 1.85. The van der Waals surface area contributed by atoms with Crippen molar-refractivity contribution >= 4 is 17.7 Å². The average Bonchev–Trinajstić information content (AvgIpc) is 2.61. The molecule has 1 heterocycles. The lowest BCUT2D eigenvalue weighted by Gasteiger charge is -2.21. The number of carbonyl (C=O) groups is 2. The molecule has 0 radical (unpaired) electrons. The first-order valence-electron chi connectivity index (χ1n) is 5.82. The molecule has 1 rings (SSSR count). The fourth-order valence-corrected chi connectivity index (χ4v) is 1.85. The molecule has 1 aliphatic heterocycles. The Kier molecular flexibility index (Phi) is 4.48. The summed E-state index contributed by atoms with van der Waals surface area (Å²) in [5.41, 5.74) is 0.617. The Balaban J connectivity index is 2.68. The Morgan fingerprint density at radius 2 is 2.12 bits per heavy atom. The van der Waals surface area contributed by atoms with Gasteiger partial charge in [0, 0.05) is 7.05 Å². The number of hydrogen-bond donors (Lipinski definition) is 1. The number of nitrogens with zero attached hydrogens (tertiary/aromatic N) is 3. The van der Waals surface area contributed by atoms with Crippen LogP contribution in [0.5, 0.6) is 0 Å². The number of carboxylic acid groups (broad SMARTS) is 1. The zero-order chi connectivity index (χ0) is 13.0. The van der Waals surface area contributed by atoms with E-state index in [1.807, 2.05) is 13.8 Å². The first kappa shape index (κ1) is 13.5. The molecule has 1 aliphatic rings. The van der Waals surface area contributed by atoms with E-state index in [2.05, 4.69) is 5.10 Å². The van der Waals surface area contributed by atoms with Crippen molar-refractivity contribution in [1.29, 1.82) is 0 Å². The third-order valence-corrected chi connectivity index (χ3v) is 2.89. The minimum atomic E-state index is -1.01. The van der Waals surface area contributed by atoms with Crippen LogP contribution in [0.15, 0.2) is 5.10 Å². The molecule has 2 amide bonds. The number of hydrogen-bond acceptors (Lipinski definition) is 3. The van der Waals surface area contributed by atoms with Crippen molar-refractivity contribution < 1.29 is 14.7 Å². The second-order valence-corrected chi connectivity index (χ2v) is 4.19. The Hall–Kier alpha value is -1.59. The van der Waals surface area contributed by atoms with Crippen LogP contribution in [0.3, 0.4) is 0 Å². The van der Waals surface area contributed by atoms with Crippen LogP contribution in [0, 0.1) is 0 Å². The topological polar surface area (TPSA) is 73.2 Å². The highest BCUT2D eigenvalue weighted by molar-refractivity contribution is 6.06. The molecule has 6 heteroatoms. The van der Waals surface area contributed by atoms with Crippen molar-refractivity contribution in [1.82, 2.24) is 9.91 Å². The maximum atomic E-state index is 11.7. The summed E-state index contributed by atoms with van der Waals surface area (Å²) in [5.74, 6) is -0.0347. The van der Waals surface area contributed by atoms with Crippen LogP contribution in [-0.2, 0) is 4.79 Å². The van der Waals surface area contributed by atoms with Crippen molar-refractivity contribution in [2.24, 2.45) is 5.10 Å². The van der Waals surface area contributed by atoms with Crippen LogP contribution in [0.4, 0.5) is 4.79 Å². The van der Waals surface area contributed by atoms with Crippen LogP contribution < -0.4 is 0 Å². The van der Waals surface area contributed by atoms with Crippen molar-refractivity contribution in [2.75, 3.05) is 13.6 Å². The van der Waals surface area contributed by atoms with Gasteiger partial charge in [0.15, 0.2) is 0 Å². The van der Waals surface area contributed by atoms with Gasteiger partial charge in [0.2, 0.25) is 5.91 Å². The van der Waals surface area contributed by atoms with Crippen LogP contribution in [0.1, 0.15) is 33.1 Å². The lowest BCUT2D eigenvalue weighted by atomic mass is 10.1. The van der Waals surface area contributed by atoms with Gasteiger partial charge in [-0.3, -0.25) is 4.79 Å². The molecule has 0 unspecified atom stereocenters. The average molecular weight is 241 g/mol. The molecular weight excluding hydrogens is 222 g/mol. The van der Waals surface area contributed by atoms with E-state index in [-0.39, 0.29) is 24.9 Å². The second-order valence-electron chi connectivity index (χ2n) is 4.19. The van der Waals surface area contributed by atoms with E-state index >= 15 is 0 Å². The normalized spacial score (nSPS) is 15.4. The van der Waals surface area contributed by atoms with Gasteiger partial charge in [-0.1, -0.05) is 13.8 Å². The summed E-state index contributed by atoms with van der Waals surface area (Å²) >= 11 is 0. The molecule has 96 valence electrons. The molecule has 0 atom stereocenters. The number of rotatable bonds is 5. The van der Waals surface area contributed by atoms with Crippen LogP contribution in [-0.4, -0.2) is 52.4 Å². The molecule has 0 spiro atoms. The van der Waals surface area contributed by atoms with Gasteiger partial charge in [-0.15, -0.1) is 0 Å². The van der Waals surface area contributed by atoms with Crippen molar-refractivity contribution in [3.05, 3.63) is 0 Å². The molecule has 1 N–H and O–H groups in total. The van der Waals surface area contributed by atoms with Gasteiger partial charge in [-0.25, -0.2) is 9.80 Å². The maximum Gasteiger partial charge on any atom is 0.407 e. The minimum Gasteiger partial charge on any atom is -0.465 e. The summed E-state index contributed by atoms with van der Waals surface area (Å²) in [6, 6.07) is 0.120. The predicted octanol–water partition coefficient (Wildman–Crippen LogP) is 1.37. The van der Waals surface area contributed by atoms with Gasteiger partial charge in [-0.05, 0) is 12.8 Å². The molecule has 0 saturated heterocycles. The lowest BCUT2D eigenvalue weighted by molar-refractivity contribution is -0.131. The Bertz CT molecular complexity index is 337. The smallest absolute Gasteiger partial charge is 0.407 e. The van der Waals surface area contributed by atoms with E-state index < -0.39 is 6.09 Å². The molecule has 0 bridgehead atoms. The highest BCUT2D eigenvalue weighted by Gasteiger charge is 2.29. The Labute approximate surface area is 101 Å². The SMILES string of the molecule is CCC(CC)N1N=C(CN(C)C(=O)O)CC1=O. The van der Waals surface area contributed by atoms with Crippen LogP contribution in [0.25, 0.3) is 0 Å². The Morgan fingerprint density at radius 1 is 1.53 bits per heavy atom. The molecule has 0 aromatic carbocycles. The highest BCUT2D eigenvalue weighted by atomic mass is 16.4. The lowest BCUT2D eigenvalue weighted by Crippen LogP contribution is -2.31. The van der Waals surface area contributed by atoms with Crippen LogP contribution in [0.2, 0.25) is 0 Å². The first-order chi connectivity index (χ1) is 7.99. The van der Waals surface area contributed by atoms with Gasteiger partial charge in [0.05, 0.1) is 24.7 Å². The summed E-state index contributed by atoms with van der Waals surface area (Å²) in [7, 11) is 1.47. The van der Waals surface area contributed by atoms with Gasteiger partial charge < -0.3 is 10.0 Å². The van der Waals surface area contributed by atoms with Crippen LogP contribution >= 0.6 is 0 Å². The van der Waals surface area contributed by atoms with E-state index in [4.69, 9.17) is 5.11 Å². The van der Waals surface area contributed by atoms with Crippen molar-refractivity contribution in [3.63, 3.8) is 0 Å². The monoisotopic (exact) mass is 241 g/mol. The van der Waals surface area contributed by atoms with Gasteiger partial charge >= 0.3 is 6.09 Å². The first-order valence-corrected chi connectivity index (χ1v) is 5.82. The molecule has 0 aromatic heterocycles. The summed E-state index contributed by atoms with van der Waals surface area (Å²) in [5, 5.41) is 14.5. The maximum absolute atomic E-state index is 11.7. The number of hydrazone groups is 1. The zero-order valence-corrected chi connectivity index (χ0v) is 10.5. The summed E-state index contributed by atoms with van der Waals surface area (Å²) in [4.78, 5) is 23.5. The van der Waals surface area contributed by atoms with E-state index in [0.717, 1.165) is 17.7 Å². The zero-order valence-electron chi connectivity index (χ0n) is 10.5. The molecule has 0 aliphatic carbocycles. The highest BCUT2D eigenvalue weighted by Crippen LogP contribution is 2.17. The summed E-state index contributed by atoms with van der Waals surface area (Å²) in [6.45, 7) is 4.22. The van der Waals surface area contributed by atoms with E-state index in [0.29, 0.717) is 5.71 Å². The van der Waals surface area contributed by atoms with Gasteiger partial charge in [0.25, 0.3) is 0 Å². The molecular formula is C11H19N3O3. The van der Waals surface area contributed by atoms with E-state index in [9.17, 15) is 9.59 Å². The number of amides is 2. The largest absolute Gasteiger partial charge is 0.465 e. The third kappa shape index (κ3) is 3.18. The van der Waals surface area contributed by atoms with Gasteiger partial charge in [0.1, 0.15) is 0 Å². The fraction of sp³-hybridized carbons (Fsp3) is 0.727. The number of carbonyl (C=O) groups excluding carboxylic acids is 1. The third-order valence-electron chi connectivity index (χ3n) is 2.89. The summed E-state index contributed by atoms with van der Waals surface area (Å²) < 4.78 is 0. The summed E-state index contributed by atoms with van der Waals surface area (Å²) in [6.07, 6.45) is 0.927. The molecule has 6 nitrogen and oxygen atoms in total. The predicted molar refractivity (Wildman–Crippen MR) is 63.9 cm³/mol. The van der Waals surface area contributed by atoms with Crippen molar-refractivity contribution in [3.8, 4) is 0 Å². The standard InChI is InChI=1S/C11H19N3O3/c1-4-9(5-2)14-10(15)6-8(12-14)7-13(3)11(16)17/h9H,4-7H2,1-3H3,(H,16,17). The minimum absolute atomic E-state index is 0.0347. The molecule has 0 fully saturated rings. The Morgan fingerprint density at radius 3 is 2.59 bits per heavy atom. The quantitative estimate of drug-likeness (QED) is 0.790. The van der Waals surface area contributed by atoms with E-state index in [1.165, 1.54) is 12.1 Å². The van der Waals surface area contributed by atoms with Crippen molar-refractivity contribution in [2.45, 2.75) is 39.2 Å². The van der Waals surface area contributed by atoms with E-state index in [1.54, 1.807) is 0 Å².